The number of piperidine rings is 1. The molecular formula is C17H26N2O. The first-order chi connectivity index (χ1) is 9.53. The van der Waals surface area contributed by atoms with Crippen LogP contribution in [-0.4, -0.2) is 36.7 Å². The highest BCUT2D eigenvalue weighted by Crippen LogP contribution is 2.39. The molecule has 0 radical (unpaired) electrons. The Kier molecular flexibility index (Phi) is 3.74. The summed E-state index contributed by atoms with van der Waals surface area (Å²) in [5.41, 5.74) is 1.24. The normalized spacial score (nSPS) is 26.9. The van der Waals surface area contributed by atoms with Crippen molar-refractivity contribution in [3.8, 4) is 5.75 Å². The topological polar surface area (TPSA) is 24.5 Å². The van der Waals surface area contributed by atoms with Gasteiger partial charge in [-0.15, -0.1) is 0 Å². The molecule has 0 amide bonds. The number of hydrogen-bond donors (Lipinski definition) is 1. The Bertz CT molecular complexity index is 464. The van der Waals surface area contributed by atoms with Gasteiger partial charge in [-0.05, 0) is 52.9 Å². The van der Waals surface area contributed by atoms with Crippen LogP contribution in [0.1, 0.15) is 44.7 Å². The Balaban J connectivity index is 1.75. The minimum Gasteiger partial charge on any atom is -0.487 e. The van der Waals surface area contributed by atoms with E-state index in [2.05, 4.69) is 55.4 Å². The summed E-state index contributed by atoms with van der Waals surface area (Å²) in [6.45, 7) is 6.77. The predicted octanol–water partition coefficient (Wildman–Crippen LogP) is 2.97. The molecule has 3 nitrogen and oxygen atoms in total. The molecule has 20 heavy (non-hydrogen) atoms. The van der Waals surface area contributed by atoms with Gasteiger partial charge in [-0.1, -0.05) is 18.2 Å². The highest BCUT2D eigenvalue weighted by atomic mass is 16.5. The summed E-state index contributed by atoms with van der Waals surface area (Å²) in [5.74, 6) is 1.05. The number of nitrogens with zero attached hydrogens (tertiary/aromatic N) is 1. The minimum atomic E-state index is -0.0858. The SMILES string of the molecule is CN1CCC(NC2CC(C)(C)Oc3ccccc32)CC1. The van der Waals surface area contributed by atoms with E-state index >= 15 is 0 Å². The smallest absolute Gasteiger partial charge is 0.124 e. The van der Waals surface area contributed by atoms with Gasteiger partial charge < -0.3 is 15.0 Å². The number of nitrogens with one attached hydrogen (secondary N) is 1. The maximum absolute atomic E-state index is 6.11. The standard InChI is InChI=1S/C17H26N2O/c1-17(2)12-15(14-6-4-5-7-16(14)20-17)18-13-8-10-19(3)11-9-13/h4-7,13,15,18H,8-12H2,1-3H3. The van der Waals surface area contributed by atoms with Crippen LogP contribution in [0.2, 0.25) is 0 Å². The fourth-order valence-electron chi connectivity index (χ4n) is 3.41. The van der Waals surface area contributed by atoms with Crippen LogP contribution in [0.25, 0.3) is 0 Å². The van der Waals surface area contributed by atoms with Crippen LogP contribution in [0, 0.1) is 0 Å². The van der Waals surface area contributed by atoms with Gasteiger partial charge in [-0.2, -0.15) is 0 Å². The summed E-state index contributed by atoms with van der Waals surface area (Å²) in [4.78, 5) is 2.42. The predicted molar refractivity (Wildman–Crippen MR) is 82.2 cm³/mol. The summed E-state index contributed by atoms with van der Waals surface area (Å²) in [6, 6.07) is 9.54. The summed E-state index contributed by atoms with van der Waals surface area (Å²) < 4.78 is 6.11. The Morgan fingerprint density at radius 2 is 1.90 bits per heavy atom. The molecule has 3 rings (SSSR count). The number of rotatable bonds is 2. The molecule has 1 saturated heterocycles. The summed E-state index contributed by atoms with van der Waals surface area (Å²) in [7, 11) is 2.21. The molecule has 0 aliphatic carbocycles. The third-order valence-electron chi connectivity index (χ3n) is 4.53. The van der Waals surface area contributed by atoms with E-state index in [1.807, 2.05) is 0 Å². The molecule has 0 aromatic heterocycles. The lowest BCUT2D eigenvalue weighted by molar-refractivity contribution is 0.0611. The van der Waals surface area contributed by atoms with Crippen molar-refractivity contribution in [2.45, 2.75) is 50.8 Å². The van der Waals surface area contributed by atoms with E-state index in [1.165, 1.54) is 31.5 Å². The van der Waals surface area contributed by atoms with Crippen LogP contribution in [0.15, 0.2) is 24.3 Å². The lowest BCUT2D eigenvalue weighted by atomic mass is 9.88. The Morgan fingerprint density at radius 1 is 1.20 bits per heavy atom. The molecule has 0 saturated carbocycles. The van der Waals surface area contributed by atoms with Crippen LogP contribution in [0.4, 0.5) is 0 Å². The van der Waals surface area contributed by atoms with E-state index in [1.54, 1.807) is 0 Å². The molecule has 2 aliphatic heterocycles. The van der Waals surface area contributed by atoms with Gasteiger partial charge in [-0.25, -0.2) is 0 Å². The van der Waals surface area contributed by atoms with Gasteiger partial charge in [0.1, 0.15) is 11.4 Å². The fraction of sp³-hybridized carbons (Fsp3) is 0.647. The minimum absolute atomic E-state index is 0.0858. The second-order valence-corrected chi connectivity index (χ2v) is 6.90. The number of fused-ring (bicyclic) bond motifs is 1. The molecule has 1 aromatic rings. The van der Waals surface area contributed by atoms with Crippen LogP contribution in [-0.2, 0) is 0 Å². The van der Waals surface area contributed by atoms with Crippen molar-refractivity contribution in [2.75, 3.05) is 20.1 Å². The molecule has 2 aliphatic rings. The second-order valence-electron chi connectivity index (χ2n) is 6.90. The molecule has 1 N–H and O–H groups in total. The molecule has 1 unspecified atom stereocenters. The van der Waals surface area contributed by atoms with Crippen LogP contribution in [0.3, 0.4) is 0 Å². The van der Waals surface area contributed by atoms with Crippen molar-refractivity contribution in [2.24, 2.45) is 0 Å². The molecule has 1 fully saturated rings. The Hall–Kier alpha value is -1.06. The zero-order valence-electron chi connectivity index (χ0n) is 12.9. The number of para-hydroxylation sites is 1. The first-order valence-electron chi connectivity index (χ1n) is 7.76. The molecule has 110 valence electrons. The lowest BCUT2D eigenvalue weighted by Gasteiger charge is -2.40. The first-order valence-corrected chi connectivity index (χ1v) is 7.76. The van der Waals surface area contributed by atoms with Gasteiger partial charge in [0.25, 0.3) is 0 Å². The maximum atomic E-state index is 6.11. The Labute approximate surface area is 122 Å². The molecule has 2 heterocycles. The molecule has 1 atom stereocenters. The van der Waals surface area contributed by atoms with Crippen molar-refractivity contribution in [1.29, 1.82) is 0 Å². The van der Waals surface area contributed by atoms with Gasteiger partial charge in [0.15, 0.2) is 0 Å². The van der Waals surface area contributed by atoms with Crippen molar-refractivity contribution in [1.82, 2.24) is 10.2 Å². The molecular weight excluding hydrogens is 248 g/mol. The highest BCUT2D eigenvalue weighted by Gasteiger charge is 2.34. The lowest BCUT2D eigenvalue weighted by Crippen LogP contribution is -2.46. The average Bonchev–Trinajstić information content (AvgIpc) is 2.40. The van der Waals surface area contributed by atoms with Gasteiger partial charge in [-0.3, -0.25) is 0 Å². The number of ether oxygens (including phenoxy) is 1. The monoisotopic (exact) mass is 274 g/mol. The quantitative estimate of drug-likeness (QED) is 0.897. The van der Waals surface area contributed by atoms with E-state index in [0.717, 1.165) is 12.2 Å². The van der Waals surface area contributed by atoms with Gasteiger partial charge in [0.2, 0.25) is 0 Å². The molecule has 3 heteroatoms. The van der Waals surface area contributed by atoms with E-state index in [-0.39, 0.29) is 5.60 Å². The number of benzene rings is 1. The highest BCUT2D eigenvalue weighted by molar-refractivity contribution is 5.38. The fourth-order valence-corrected chi connectivity index (χ4v) is 3.41. The molecule has 0 bridgehead atoms. The van der Waals surface area contributed by atoms with E-state index in [9.17, 15) is 0 Å². The van der Waals surface area contributed by atoms with Crippen LogP contribution >= 0.6 is 0 Å². The van der Waals surface area contributed by atoms with Gasteiger partial charge in [0.05, 0.1) is 0 Å². The average molecular weight is 274 g/mol. The van der Waals surface area contributed by atoms with Crippen LogP contribution in [0.5, 0.6) is 5.75 Å². The van der Waals surface area contributed by atoms with Crippen LogP contribution < -0.4 is 10.1 Å². The maximum Gasteiger partial charge on any atom is 0.124 e. The largest absolute Gasteiger partial charge is 0.487 e. The summed E-state index contributed by atoms with van der Waals surface area (Å²) in [5, 5.41) is 3.88. The van der Waals surface area contributed by atoms with Crippen molar-refractivity contribution in [3.63, 3.8) is 0 Å². The number of hydrogen-bond acceptors (Lipinski definition) is 3. The van der Waals surface area contributed by atoms with E-state index in [0.29, 0.717) is 12.1 Å². The van der Waals surface area contributed by atoms with E-state index in [4.69, 9.17) is 4.74 Å². The summed E-state index contributed by atoms with van der Waals surface area (Å²) in [6.07, 6.45) is 3.53. The zero-order chi connectivity index (χ0) is 14.2. The van der Waals surface area contributed by atoms with Crippen molar-refractivity contribution in [3.05, 3.63) is 29.8 Å². The molecule has 1 aromatic carbocycles. The molecule has 0 spiro atoms. The Morgan fingerprint density at radius 3 is 2.65 bits per heavy atom. The van der Waals surface area contributed by atoms with Crippen molar-refractivity contribution >= 4 is 0 Å². The third-order valence-corrected chi connectivity index (χ3v) is 4.53. The summed E-state index contributed by atoms with van der Waals surface area (Å²) >= 11 is 0. The zero-order valence-corrected chi connectivity index (χ0v) is 12.9. The second kappa shape index (κ2) is 5.38. The van der Waals surface area contributed by atoms with E-state index < -0.39 is 0 Å². The van der Waals surface area contributed by atoms with Gasteiger partial charge in [0, 0.05) is 24.1 Å². The first kappa shape index (κ1) is 13.9. The number of likely N-dealkylation sites (tertiary alicyclic amines) is 1. The third kappa shape index (κ3) is 2.99. The van der Waals surface area contributed by atoms with Crippen molar-refractivity contribution < 1.29 is 4.74 Å². The van der Waals surface area contributed by atoms with Gasteiger partial charge >= 0.3 is 0 Å².